The Morgan fingerprint density at radius 2 is 1.56 bits per heavy atom. The van der Waals surface area contributed by atoms with Crippen LogP contribution in [0.1, 0.15) is 22.6 Å². The summed E-state index contributed by atoms with van der Waals surface area (Å²) in [5.74, 6) is -2.79. The molecule has 0 radical (unpaired) electrons. The standard InChI is InChI=1S/C20H13F5/c21-19(22)18(20(23,24)25)15-7-3-5-11-8-9-14-13-6-2-1-4-12(13)10-16(14)17(11)15/h1-9,18-19H,10H2. The molecule has 1 aliphatic carbocycles. The molecule has 1 aliphatic rings. The maximum Gasteiger partial charge on any atom is 0.401 e. The molecule has 0 amide bonds. The molecule has 25 heavy (non-hydrogen) atoms. The molecule has 0 nitrogen and oxygen atoms in total. The van der Waals surface area contributed by atoms with Crippen molar-refractivity contribution in [3.05, 3.63) is 71.3 Å². The van der Waals surface area contributed by atoms with Gasteiger partial charge >= 0.3 is 6.18 Å². The second kappa shape index (κ2) is 5.55. The normalized spacial score (nSPS) is 14.6. The van der Waals surface area contributed by atoms with Crippen LogP contribution in [0.4, 0.5) is 22.0 Å². The first kappa shape index (κ1) is 16.1. The van der Waals surface area contributed by atoms with Crippen LogP contribution in [-0.2, 0) is 6.42 Å². The lowest BCUT2D eigenvalue weighted by Gasteiger charge is -2.22. The van der Waals surface area contributed by atoms with Gasteiger partial charge in [-0.05, 0) is 45.0 Å². The second-order valence-electron chi connectivity index (χ2n) is 6.22. The van der Waals surface area contributed by atoms with E-state index >= 15 is 0 Å². The maximum absolute atomic E-state index is 13.3. The van der Waals surface area contributed by atoms with Gasteiger partial charge in [-0.3, -0.25) is 0 Å². The van der Waals surface area contributed by atoms with E-state index in [0.717, 1.165) is 16.7 Å². The van der Waals surface area contributed by atoms with Gasteiger partial charge in [0, 0.05) is 0 Å². The molecule has 0 bridgehead atoms. The van der Waals surface area contributed by atoms with Crippen LogP contribution in [0.5, 0.6) is 0 Å². The van der Waals surface area contributed by atoms with Crippen LogP contribution in [0, 0.1) is 0 Å². The van der Waals surface area contributed by atoms with Crippen LogP contribution in [-0.4, -0.2) is 12.6 Å². The van der Waals surface area contributed by atoms with Crippen LogP contribution in [0.2, 0.25) is 0 Å². The van der Waals surface area contributed by atoms with Gasteiger partial charge < -0.3 is 0 Å². The minimum absolute atomic E-state index is 0.304. The molecule has 4 rings (SSSR count). The lowest BCUT2D eigenvalue weighted by atomic mass is 9.88. The molecule has 0 N–H and O–H groups in total. The number of hydrogen-bond acceptors (Lipinski definition) is 0. The average molecular weight is 348 g/mol. The summed E-state index contributed by atoms with van der Waals surface area (Å²) in [4.78, 5) is 0. The number of fused-ring (bicyclic) bond motifs is 5. The zero-order valence-electron chi connectivity index (χ0n) is 12.9. The zero-order chi connectivity index (χ0) is 17.8. The van der Waals surface area contributed by atoms with E-state index in [4.69, 9.17) is 0 Å². The van der Waals surface area contributed by atoms with Crippen molar-refractivity contribution in [3.63, 3.8) is 0 Å². The third kappa shape index (κ3) is 2.49. The highest BCUT2D eigenvalue weighted by atomic mass is 19.4. The van der Waals surface area contributed by atoms with Crippen molar-refractivity contribution >= 4 is 10.8 Å². The molecule has 0 aliphatic heterocycles. The molecule has 0 heterocycles. The first-order chi connectivity index (χ1) is 11.9. The van der Waals surface area contributed by atoms with Crippen molar-refractivity contribution in [2.75, 3.05) is 0 Å². The van der Waals surface area contributed by atoms with Crippen LogP contribution in [0.15, 0.2) is 54.6 Å². The molecule has 0 spiro atoms. The summed E-state index contributed by atoms with van der Waals surface area (Å²) in [6.07, 6.45) is -8.06. The first-order valence-corrected chi connectivity index (χ1v) is 7.85. The SMILES string of the molecule is FC(F)C(c1cccc2ccc3c(c12)Cc1ccccc1-3)C(F)(F)F. The Bertz CT molecular complexity index is 956. The molecular formula is C20H13F5. The van der Waals surface area contributed by atoms with Gasteiger partial charge in [0.25, 0.3) is 6.43 Å². The molecule has 1 atom stereocenters. The molecule has 0 fully saturated rings. The number of benzene rings is 3. The summed E-state index contributed by atoms with van der Waals surface area (Å²) in [6, 6.07) is 15.4. The molecule has 5 heteroatoms. The highest BCUT2D eigenvalue weighted by Crippen LogP contribution is 2.46. The van der Waals surface area contributed by atoms with E-state index in [2.05, 4.69) is 0 Å². The van der Waals surface area contributed by atoms with Crippen molar-refractivity contribution in [1.82, 2.24) is 0 Å². The van der Waals surface area contributed by atoms with Gasteiger partial charge in [-0.2, -0.15) is 13.2 Å². The summed E-state index contributed by atoms with van der Waals surface area (Å²) < 4.78 is 66.6. The van der Waals surface area contributed by atoms with Gasteiger partial charge in [-0.15, -0.1) is 0 Å². The lowest BCUT2D eigenvalue weighted by Crippen LogP contribution is -2.27. The topological polar surface area (TPSA) is 0 Å². The van der Waals surface area contributed by atoms with Crippen molar-refractivity contribution in [1.29, 1.82) is 0 Å². The first-order valence-electron chi connectivity index (χ1n) is 7.85. The Labute approximate surface area is 140 Å². The van der Waals surface area contributed by atoms with Gasteiger partial charge in [0.05, 0.1) is 0 Å². The molecule has 128 valence electrons. The van der Waals surface area contributed by atoms with Crippen molar-refractivity contribution < 1.29 is 22.0 Å². The second-order valence-corrected chi connectivity index (χ2v) is 6.22. The van der Waals surface area contributed by atoms with Crippen LogP contribution in [0.3, 0.4) is 0 Å². The predicted molar refractivity (Wildman–Crippen MR) is 87.0 cm³/mol. The van der Waals surface area contributed by atoms with E-state index in [1.165, 1.54) is 12.1 Å². The Hall–Kier alpha value is -2.43. The van der Waals surface area contributed by atoms with Crippen molar-refractivity contribution in [2.45, 2.75) is 24.9 Å². The third-order valence-corrected chi connectivity index (χ3v) is 4.80. The highest BCUT2D eigenvalue weighted by Gasteiger charge is 2.48. The van der Waals surface area contributed by atoms with Crippen molar-refractivity contribution in [3.8, 4) is 11.1 Å². The Kier molecular flexibility index (Phi) is 3.56. The maximum atomic E-state index is 13.3. The van der Waals surface area contributed by atoms with Crippen LogP contribution in [0.25, 0.3) is 21.9 Å². The fraction of sp³-hybridized carbons (Fsp3) is 0.200. The smallest absolute Gasteiger partial charge is 0.209 e. The summed E-state index contributed by atoms with van der Waals surface area (Å²) in [5.41, 5.74) is 3.13. The van der Waals surface area contributed by atoms with Gasteiger partial charge in [-0.25, -0.2) is 8.78 Å². The Morgan fingerprint density at radius 3 is 2.28 bits per heavy atom. The Balaban J connectivity index is 2.02. The molecule has 0 saturated carbocycles. The fourth-order valence-corrected chi connectivity index (χ4v) is 3.76. The average Bonchev–Trinajstić information content (AvgIpc) is 2.92. The molecule has 3 aromatic rings. The summed E-state index contributed by atoms with van der Waals surface area (Å²) in [7, 11) is 0. The predicted octanol–water partition coefficient (Wildman–Crippen LogP) is 6.32. The lowest BCUT2D eigenvalue weighted by molar-refractivity contribution is -0.177. The fourth-order valence-electron chi connectivity index (χ4n) is 3.76. The quantitative estimate of drug-likeness (QED) is 0.372. The third-order valence-electron chi connectivity index (χ3n) is 4.80. The van der Waals surface area contributed by atoms with Gasteiger partial charge in [0.1, 0.15) is 5.92 Å². The summed E-state index contributed by atoms with van der Waals surface area (Å²) in [6.45, 7) is 0. The summed E-state index contributed by atoms with van der Waals surface area (Å²) in [5, 5.41) is 0.859. The van der Waals surface area contributed by atoms with Gasteiger partial charge in [0.2, 0.25) is 0 Å². The zero-order valence-corrected chi connectivity index (χ0v) is 12.9. The van der Waals surface area contributed by atoms with E-state index in [1.807, 2.05) is 30.3 Å². The van der Waals surface area contributed by atoms with Gasteiger partial charge in [-0.1, -0.05) is 54.6 Å². The molecule has 0 aromatic heterocycles. The number of alkyl halides is 5. The number of hydrogen-bond donors (Lipinski definition) is 0. The van der Waals surface area contributed by atoms with Crippen molar-refractivity contribution in [2.24, 2.45) is 0 Å². The monoisotopic (exact) mass is 348 g/mol. The van der Waals surface area contributed by atoms with E-state index in [0.29, 0.717) is 22.8 Å². The largest absolute Gasteiger partial charge is 0.401 e. The molecule has 3 aromatic carbocycles. The van der Waals surface area contributed by atoms with Gasteiger partial charge in [0.15, 0.2) is 0 Å². The van der Waals surface area contributed by atoms with Crippen LogP contribution >= 0.6 is 0 Å². The minimum atomic E-state index is -5.00. The minimum Gasteiger partial charge on any atom is -0.209 e. The van der Waals surface area contributed by atoms with Crippen LogP contribution < -0.4 is 0 Å². The Morgan fingerprint density at radius 1 is 0.800 bits per heavy atom. The highest BCUT2D eigenvalue weighted by molar-refractivity contribution is 5.97. The molecule has 0 saturated heterocycles. The number of rotatable bonds is 2. The van der Waals surface area contributed by atoms with E-state index < -0.39 is 18.5 Å². The van der Waals surface area contributed by atoms with E-state index in [-0.39, 0.29) is 5.56 Å². The van der Waals surface area contributed by atoms with E-state index in [9.17, 15) is 22.0 Å². The molecule has 1 unspecified atom stereocenters. The molecular weight excluding hydrogens is 335 g/mol. The van der Waals surface area contributed by atoms with E-state index in [1.54, 1.807) is 12.1 Å². The number of halogens is 5. The summed E-state index contributed by atoms with van der Waals surface area (Å²) >= 11 is 0.